The number of hydrogen-bond donors (Lipinski definition) is 1. The molecule has 0 amide bonds. The van der Waals surface area contributed by atoms with Crippen molar-refractivity contribution in [1.29, 1.82) is 0 Å². The lowest BCUT2D eigenvalue weighted by Gasteiger charge is -2.14. The molecule has 0 unspecified atom stereocenters. The molecule has 0 spiro atoms. The summed E-state index contributed by atoms with van der Waals surface area (Å²) in [7, 11) is -4.48. The molecule has 5 rings (SSSR count). The first kappa shape index (κ1) is 31.5. The number of benzene rings is 5. The standard InChI is InChI=1S/C28H13I5O7S/c29-17-9-21(30)25(22(31)10-17)40-28(35)20-8-16-6-14-4-2-1-3-13(14)5-15(16)7-19(20)27(34)39-18-11-23(32)26(24(33)12-18)41(36,37)38/h1-12H,(H,36,37,38). The molecule has 5 aromatic rings. The smallest absolute Gasteiger partial charge is 0.344 e. The average molecular weight is 1130 g/mol. The van der Waals surface area contributed by atoms with Crippen LogP contribution in [0.4, 0.5) is 0 Å². The highest BCUT2D eigenvalue weighted by Crippen LogP contribution is 2.33. The lowest BCUT2D eigenvalue weighted by Crippen LogP contribution is -2.18. The van der Waals surface area contributed by atoms with Crippen LogP contribution in [0.5, 0.6) is 11.5 Å². The van der Waals surface area contributed by atoms with Crippen LogP contribution in [0.2, 0.25) is 0 Å². The fraction of sp³-hybridized carbons (Fsp3) is 0. The van der Waals surface area contributed by atoms with E-state index in [-0.39, 0.29) is 28.9 Å². The summed E-state index contributed by atoms with van der Waals surface area (Å²) in [5, 5.41) is 3.39. The number of hydrogen-bond acceptors (Lipinski definition) is 6. The van der Waals surface area contributed by atoms with Gasteiger partial charge in [-0.3, -0.25) is 4.55 Å². The average Bonchev–Trinajstić information content (AvgIpc) is 2.87. The second-order valence-corrected chi connectivity index (χ2v) is 15.9. The van der Waals surface area contributed by atoms with Gasteiger partial charge in [0.25, 0.3) is 10.1 Å². The quantitative estimate of drug-likeness (QED) is 0.0618. The zero-order valence-electron chi connectivity index (χ0n) is 20.1. The number of fused-ring (bicyclic) bond motifs is 2. The molecule has 0 saturated heterocycles. The van der Waals surface area contributed by atoms with Crippen molar-refractivity contribution in [3.63, 3.8) is 0 Å². The van der Waals surface area contributed by atoms with Gasteiger partial charge in [0, 0.05) is 10.7 Å². The SMILES string of the molecule is O=C(Oc1cc(I)c(S(=O)(=O)O)c(I)c1)c1cc2cc3ccccc3cc2cc1C(=O)Oc1c(I)cc(I)cc1I. The number of halogens is 5. The second kappa shape index (κ2) is 12.6. The van der Waals surface area contributed by atoms with Crippen molar-refractivity contribution >= 4 is 157 Å². The molecule has 0 saturated carbocycles. The molecular formula is C28H13I5O7S. The molecule has 13 heteroatoms. The van der Waals surface area contributed by atoms with Gasteiger partial charge in [-0.15, -0.1) is 0 Å². The van der Waals surface area contributed by atoms with Gasteiger partial charge < -0.3 is 9.47 Å². The van der Waals surface area contributed by atoms with E-state index in [1.165, 1.54) is 12.1 Å². The topological polar surface area (TPSA) is 107 Å². The molecule has 208 valence electrons. The minimum absolute atomic E-state index is 0.0156. The van der Waals surface area contributed by atoms with Gasteiger partial charge in [0.15, 0.2) is 5.75 Å². The largest absolute Gasteiger partial charge is 0.423 e. The van der Waals surface area contributed by atoms with E-state index in [2.05, 4.69) is 67.8 Å². The zero-order valence-corrected chi connectivity index (χ0v) is 31.7. The summed E-state index contributed by atoms with van der Waals surface area (Å²) < 4.78 is 47.4. The Labute approximate surface area is 302 Å². The normalized spacial score (nSPS) is 11.6. The first-order valence-corrected chi connectivity index (χ1v) is 18.2. The van der Waals surface area contributed by atoms with Crippen molar-refractivity contribution in [1.82, 2.24) is 0 Å². The maximum Gasteiger partial charge on any atom is 0.344 e. The lowest BCUT2D eigenvalue weighted by molar-refractivity contribution is 0.0690. The molecule has 0 aliphatic rings. The van der Waals surface area contributed by atoms with E-state index in [0.29, 0.717) is 5.75 Å². The predicted molar refractivity (Wildman–Crippen MR) is 198 cm³/mol. The van der Waals surface area contributed by atoms with Gasteiger partial charge >= 0.3 is 11.9 Å². The Morgan fingerprint density at radius 2 is 1.07 bits per heavy atom. The molecule has 0 atom stereocenters. The van der Waals surface area contributed by atoms with Crippen molar-refractivity contribution in [2.45, 2.75) is 4.90 Å². The summed E-state index contributed by atoms with van der Waals surface area (Å²) >= 11 is 9.87. The number of carbonyl (C=O) groups excluding carboxylic acids is 2. The van der Waals surface area contributed by atoms with Gasteiger partial charge in [-0.2, -0.15) is 8.42 Å². The van der Waals surface area contributed by atoms with Crippen molar-refractivity contribution < 1.29 is 32.0 Å². The van der Waals surface area contributed by atoms with Crippen LogP contribution in [0.25, 0.3) is 21.5 Å². The van der Waals surface area contributed by atoms with Gasteiger partial charge in [-0.1, -0.05) is 24.3 Å². The molecule has 0 aliphatic heterocycles. The Hall–Kier alpha value is -0.880. The van der Waals surface area contributed by atoms with E-state index >= 15 is 0 Å². The maximum atomic E-state index is 13.6. The van der Waals surface area contributed by atoms with Gasteiger partial charge in [0.1, 0.15) is 10.6 Å². The molecular weight excluding hydrogens is 1110 g/mol. The summed E-state index contributed by atoms with van der Waals surface area (Å²) in [5.41, 5.74) is -0.000868. The zero-order chi connectivity index (χ0) is 29.6. The minimum atomic E-state index is -4.48. The summed E-state index contributed by atoms with van der Waals surface area (Å²) in [6, 6.07) is 21.2. The summed E-state index contributed by atoms with van der Waals surface area (Å²) in [6.07, 6.45) is 0. The minimum Gasteiger partial charge on any atom is -0.423 e. The van der Waals surface area contributed by atoms with Gasteiger partial charge in [-0.05, 0) is 183 Å². The van der Waals surface area contributed by atoms with Crippen LogP contribution in [0.3, 0.4) is 0 Å². The van der Waals surface area contributed by atoms with Crippen LogP contribution < -0.4 is 9.47 Å². The summed E-state index contributed by atoms with van der Waals surface area (Å²) in [4.78, 5) is 26.9. The lowest BCUT2D eigenvalue weighted by atomic mass is 9.97. The van der Waals surface area contributed by atoms with Crippen LogP contribution >= 0.6 is 113 Å². The highest BCUT2D eigenvalue weighted by Gasteiger charge is 2.25. The Kier molecular flexibility index (Phi) is 9.71. The number of ether oxygens (including phenoxy) is 2. The Balaban J connectivity index is 1.62. The van der Waals surface area contributed by atoms with Crippen LogP contribution in [-0.2, 0) is 10.1 Å². The van der Waals surface area contributed by atoms with Crippen LogP contribution in [-0.4, -0.2) is 24.9 Å². The predicted octanol–water partition coefficient (Wildman–Crippen LogP) is 8.70. The van der Waals surface area contributed by atoms with E-state index in [4.69, 9.17) is 9.47 Å². The molecule has 0 aliphatic carbocycles. The van der Waals surface area contributed by atoms with Crippen LogP contribution in [0, 0.1) is 17.9 Å². The van der Waals surface area contributed by atoms with Gasteiger partial charge in [-0.25, -0.2) is 9.59 Å². The third-order valence-electron chi connectivity index (χ3n) is 5.88. The highest BCUT2D eigenvalue weighted by molar-refractivity contribution is 14.1. The summed E-state index contributed by atoms with van der Waals surface area (Å²) in [6.45, 7) is 0. The van der Waals surface area contributed by atoms with E-state index in [0.717, 1.165) is 32.3 Å². The first-order chi connectivity index (χ1) is 19.3. The molecule has 0 bridgehead atoms. The van der Waals surface area contributed by atoms with Crippen molar-refractivity contribution in [3.8, 4) is 11.5 Å². The summed E-state index contributed by atoms with van der Waals surface area (Å²) in [5.74, 6) is -1.12. The van der Waals surface area contributed by atoms with Crippen molar-refractivity contribution in [2.75, 3.05) is 0 Å². The van der Waals surface area contributed by atoms with Crippen LogP contribution in [0.1, 0.15) is 20.7 Å². The fourth-order valence-electron chi connectivity index (χ4n) is 4.11. The van der Waals surface area contributed by atoms with Gasteiger partial charge in [0.2, 0.25) is 0 Å². The second-order valence-electron chi connectivity index (χ2n) is 8.61. The molecule has 1 N–H and O–H groups in total. The van der Waals surface area contributed by atoms with E-state index in [1.54, 1.807) is 57.3 Å². The van der Waals surface area contributed by atoms with E-state index in [1.807, 2.05) is 48.5 Å². The van der Waals surface area contributed by atoms with Crippen molar-refractivity contribution in [3.05, 3.63) is 102 Å². The molecule has 41 heavy (non-hydrogen) atoms. The monoisotopic (exact) mass is 1130 g/mol. The van der Waals surface area contributed by atoms with Gasteiger partial charge in [0.05, 0.1) is 18.3 Å². The molecule has 0 radical (unpaired) electrons. The third-order valence-corrected chi connectivity index (χ3v) is 11.5. The van der Waals surface area contributed by atoms with E-state index in [9.17, 15) is 22.6 Å². The Morgan fingerprint density at radius 1 is 0.610 bits per heavy atom. The highest BCUT2D eigenvalue weighted by atomic mass is 127. The molecule has 0 fully saturated rings. The molecule has 0 aromatic heterocycles. The maximum absolute atomic E-state index is 13.6. The van der Waals surface area contributed by atoms with Crippen LogP contribution in [0.15, 0.2) is 77.7 Å². The Morgan fingerprint density at radius 3 is 1.54 bits per heavy atom. The van der Waals surface area contributed by atoms with Crippen molar-refractivity contribution in [2.24, 2.45) is 0 Å². The van der Waals surface area contributed by atoms with E-state index < -0.39 is 22.1 Å². The Bertz CT molecular complexity index is 1980. The molecule has 5 aromatic carbocycles. The molecule has 7 nitrogen and oxygen atoms in total. The number of esters is 2. The first-order valence-electron chi connectivity index (χ1n) is 11.3. The molecule has 0 heterocycles. The number of carbonyl (C=O) groups is 2. The fourth-order valence-corrected chi connectivity index (χ4v) is 11.9. The third kappa shape index (κ3) is 6.94. The number of rotatable bonds is 5.